The number of aromatic nitrogens is 2. The van der Waals surface area contributed by atoms with Crippen LogP contribution in [0.25, 0.3) is 0 Å². The largest absolute Gasteiger partial charge is 0.380 e. The van der Waals surface area contributed by atoms with Gasteiger partial charge in [-0.1, -0.05) is 41.6 Å². The third kappa shape index (κ3) is 2.71. The summed E-state index contributed by atoms with van der Waals surface area (Å²) in [5, 5.41) is 15.2. The lowest BCUT2D eigenvalue weighted by molar-refractivity contribution is 0.0729. The second-order valence-corrected chi connectivity index (χ2v) is 5.08. The van der Waals surface area contributed by atoms with Crippen LogP contribution < -0.4 is 0 Å². The van der Waals surface area contributed by atoms with Crippen molar-refractivity contribution in [2.24, 2.45) is 0 Å². The monoisotopic (exact) mass is 280 g/mol. The van der Waals surface area contributed by atoms with Gasteiger partial charge in [0, 0.05) is 30.4 Å². The highest BCUT2D eigenvalue weighted by atomic mass is 16.5. The summed E-state index contributed by atoms with van der Waals surface area (Å²) in [5.41, 5.74) is 1.13. The minimum absolute atomic E-state index is 0.309. The van der Waals surface area contributed by atoms with Gasteiger partial charge in [-0.2, -0.15) is 0 Å². The Hall–Kier alpha value is -2.46. The average molecular weight is 280 g/mol. The van der Waals surface area contributed by atoms with Crippen molar-refractivity contribution < 1.29 is 9.63 Å². The molecule has 0 saturated heterocycles. The minimum Gasteiger partial charge on any atom is -0.380 e. The number of aryl methyl sites for hydroxylation is 1. The van der Waals surface area contributed by atoms with E-state index in [0.717, 1.165) is 16.8 Å². The Morgan fingerprint density at radius 1 is 1.10 bits per heavy atom. The third-order valence-corrected chi connectivity index (χ3v) is 3.50. The Balaban J connectivity index is 2.07. The Morgan fingerprint density at radius 2 is 1.86 bits per heavy atom. The van der Waals surface area contributed by atoms with Crippen molar-refractivity contribution in [1.29, 1.82) is 0 Å². The lowest BCUT2D eigenvalue weighted by atomic mass is 9.83. The number of rotatable bonds is 4. The number of nitrogens with zero attached hydrogens (tertiary/aromatic N) is 2. The second kappa shape index (κ2) is 5.50. The number of benzene rings is 1. The van der Waals surface area contributed by atoms with E-state index in [9.17, 15) is 5.11 Å². The zero-order valence-electron chi connectivity index (χ0n) is 11.7. The van der Waals surface area contributed by atoms with Crippen LogP contribution in [0.2, 0.25) is 0 Å². The summed E-state index contributed by atoms with van der Waals surface area (Å²) < 4.78 is 5.27. The fraction of sp³-hybridized carbons (Fsp3) is 0.176. The van der Waals surface area contributed by atoms with Crippen LogP contribution in [0.5, 0.6) is 0 Å². The van der Waals surface area contributed by atoms with Gasteiger partial charge in [0.2, 0.25) is 0 Å². The number of hydrogen-bond acceptors (Lipinski definition) is 4. The Morgan fingerprint density at radius 3 is 2.48 bits per heavy atom. The molecule has 1 aromatic carbocycles. The van der Waals surface area contributed by atoms with Crippen LogP contribution in [0, 0.1) is 6.92 Å². The summed E-state index contributed by atoms with van der Waals surface area (Å²) in [6, 6.07) is 15.0. The molecule has 106 valence electrons. The van der Waals surface area contributed by atoms with E-state index in [1.165, 1.54) is 0 Å². The van der Waals surface area contributed by atoms with Gasteiger partial charge in [0.1, 0.15) is 11.4 Å². The SMILES string of the molecule is Cc1cc(CC(O)(c2ccccc2)c2cccnc2)on1. The van der Waals surface area contributed by atoms with E-state index in [2.05, 4.69) is 10.1 Å². The lowest BCUT2D eigenvalue weighted by Crippen LogP contribution is -2.30. The maximum absolute atomic E-state index is 11.3. The van der Waals surface area contributed by atoms with Gasteiger partial charge in [-0.3, -0.25) is 4.98 Å². The molecule has 0 saturated carbocycles. The maximum Gasteiger partial charge on any atom is 0.140 e. The topological polar surface area (TPSA) is 59.2 Å². The van der Waals surface area contributed by atoms with Crippen LogP contribution in [-0.2, 0) is 12.0 Å². The van der Waals surface area contributed by atoms with E-state index in [1.54, 1.807) is 12.4 Å². The molecule has 2 heterocycles. The van der Waals surface area contributed by atoms with E-state index in [4.69, 9.17) is 4.52 Å². The predicted octanol–water partition coefficient (Wildman–Crippen LogP) is 2.86. The van der Waals surface area contributed by atoms with Gasteiger partial charge in [0.25, 0.3) is 0 Å². The highest BCUT2D eigenvalue weighted by Crippen LogP contribution is 2.32. The zero-order chi connectivity index (χ0) is 14.7. The molecular formula is C17H16N2O2. The summed E-state index contributed by atoms with van der Waals surface area (Å²) in [4.78, 5) is 4.12. The fourth-order valence-electron chi connectivity index (χ4n) is 2.44. The minimum atomic E-state index is -1.19. The molecule has 3 aromatic rings. The number of aliphatic hydroxyl groups is 1. The lowest BCUT2D eigenvalue weighted by Gasteiger charge is -2.28. The molecule has 1 N–H and O–H groups in total. The van der Waals surface area contributed by atoms with Crippen LogP contribution >= 0.6 is 0 Å². The molecule has 0 fully saturated rings. The predicted molar refractivity (Wildman–Crippen MR) is 78.6 cm³/mol. The quantitative estimate of drug-likeness (QED) is 0.798. The van der Waals surface area contributed by atoms with E-state index in [0.29, 0.717) is 12.2 Å². The van der Waals surface area contributed by atoms with Crippen LogP contribution in [0.3, 0.4) is 0 Å². The average Bonchev–Trinajstić information content (AvgIpc) is 2.94. The first-order chi connectivity index (χ1) is 10.2. The third-order valence-electron chi connectivity index (χ3n) is 3.50. The second-order valence-electron chi connectivity index (χ2n) is 5.08. The maximum atomic E-state index is 11.3. The fourth-order valence-corrected chi connectivity index (χ4v) is 2.44. The van der Waals surface area contributed by atoms with E-state index < -0.39 is 5.60 Å². The van der Waals surface area contributed by atoms with Crippen molar-refractivity contribution in [2.75, 3.05) is 0 Å². The van der Waals surface area contributed by atoms with Gasteiger partial charge < -0.3 is 9.63 Å². The molecule has 4 heteroatoms. The van der Waals surface area contributed by atoms with Crippen molar-refractivity contribution >= 4 is 0 Å². The van der Waals surface area contributed by atoms with Gasteiger partial charge >= 0.3 is 0 Å². The highest BCUT2D eigenvalue weighted by molar-refractivity contribution is 5.36. The normalized spacial score (nSPS) is 13.8. The molecule has 4 nitrogen and oxygen atoms in total. The summed E-state index contributed by atoms with van der Waals surface area (Å²) in [6.45, 7) is 1.86. The Kier molecular flexibility index (Phi) is 3.54. The molecule has 1 unspecified atom stereocenters. The molecule has 2 aromatic heterocycles. The van der Waals surface area contributed by atoms with Crippen molar-refractivity contribution in [3.8, 4) is 0 Å². The van der Waals surface area contributed by atoms with Crippen LogP contribution in [0.15, 0.2) is 65.4 Å². The number of pyridine rings is 1. The van der Waals surface area contributed by atoms with Crippen molar-refractivity contribution in [1.82, 2.24) is 10.1 Å². The van der Waals surface area contributed by atoms with Gasteiger partial charge in [-0.15, -0.1) is 0 Å². The number of hydrogen-bond donors (Lipinski definition) is 1. The van der Waals surface area contributed by atoms with Gasteiger partial charge in [-0.25, -0.2) is 0 Å². The first-order valence-corrected chi connectivity index (χ1v) is 6.79. The summed E-state index contributed by atoms with van der Waals surface area (Å²) in [6.07, 6.45) is 3.67. The molecular weight excluding hydrogens is 264 g/mol. The molecule has 0 radical (unpaired) electrons. The molecule has 0 amide bonds. The highest BCUT2D eigenvalue weighted by Gasteiger charge is 2.33. The van der Waals surface area contributed by atoms with Gasteiger partial charge in [-0.05, 0) is 18.6 Å². The van der Waals surface area contributed by atoms with E-state index in [1.807, 2.05) is 55.5 Å². The van der Waals surface area contributed by atoms with E-state index in [-0.39, 0.29) is 0 Å². The van der Waals surface area contributed by atoms with Crippen molar-refractivity contribution in [2.45, 2.75) is 18.9 Å². The molecule has 21 heavy (non-hydrogen) atoms. The zero-order valence-corrected chi connectivity index (χ0v) is 11.7. The smallest absolute Gasteiger partial charge is 0.140 e. The van der Waals surface area contributed by atoms with Gasteiger partial charge in [0.05, 0.1) is 5.69 Å². The molecule has 0 aliphatic rings. The molecule has 0 aliphatic carbocycles. The molecule has 3 rings (SSSR count). The first-order valence-electron chi connectivity index (χ1n) is 6.79. The van der Waals surface area contributed by atoms with Crippen molar-refractivity contribution in [3.05, 3.63) is 83.5 Å². The molecule has 0 aliphatic heterocycles. The molecule has 0 bridgehead atoms. The van der Waals surface area contributed by atoms with Gasteiger partial charge in [0.15, 0.2) is 0 Å². The summed E-state index contributed by atoms with van der Waals surface area (Å²) >= 11 is 0. The summed E-state index contributed by atoms with van der Waals surface area (Å²) in [7, 11) is 0. The van der Waals surface area contributed by atoms with Crippen LogP contribution in [0.1, 0.15) is 22.6 Å². The Bertz CT molecular complexity index is 668. The van der Waals surface area contributed by atoms with Crippen molar-refractivity contribution in [3.63, 3.8) is 0 Å². The first kappa shape index (κ1) is 13.5. The molecule has 0 spiro atoms. The summed E-state index contributed by atoms with van der Waals surface area (Å²) in [5.74, 6) is 0.641. The van der Waals surface area contributed by atoms with Crippen LogP contribution in [0.4, 0.5) is 0 Å². The van der Waals surface area contributed by atoms with Crippen LogP contribution in [-0.4, -0.2) is 15.2 Å². The molecule has 1 atom stereocenters. The Labute approximate surface area is 123 Å². The van der Waals surface area contributed by atoms with E-state index >= 15 is 0 Å². The standard InChI is InChI=1S/C17H16N2O2/c1-13-10-16(21-19-13)11-17(20,14-6-3-2-4-7-14)15-8-5-9-18-12-15/h2-10,12,20H,11H2,1H3.